The van der Waals surface area contributed by atoms with Gasteiger partial charge in [-0.1, -0.05) is 0 Å². The van der Waals surface area contributed by atoms with Crippen molar-refractivity contribution in [2.45, 2.75) is 50.6 Å². The number of carbonyl (C=O) groups excluding carboxylic acids is 1. The fourth-order valence-electron chi connectivity index (χ4n) is 4.87. The molecule has 160 valence electrons. The Morgan fingerprint density at radius 1 is 1.10 bits per heavy atom. The maximum Gasteiger partial charge on any atom is 0.243 e. The van der Waals surface area contributed by atoms with Gasteiger partial charge in [0.25, 0.3) is 0 Å². The van der Waals surface area contributed by atoms with E-state index in [-0.39, 0.29) is 23.2 Å². The number of aromatic nitrogens is 4. The van der Waals surface area contributed by atoms with Gasteiger partial charge in [0, 0.05) is 30.9 Å². The summed E-state index contributed by atoms with van der Waals surface area (Å²) in [5.41, 5.74) is 1.33. The van der Waals surface area contributed by atoms with Gasteiger partial charge in [0.05, 0.1) is 17.3 Å². The summed E-state index contributed by atoms with van der Waals surface area (Å²) < 4.78 is 14.9. The van der Waals surface area contributed by atoms with Crippen molar-refractivity contribution >= 4 is 29.0 Å². The van der Waals surface area contributed by atoms with E-state index in [9.17, 15) is 9.18 Å². The van der Waals surface area contributed by atoms with Gasteiger partial charge in [-0.15, -0.1) is 5.10 Å². The lowest BCUT2D eigenvalue weighted by Gasteiger charge is -2.18. The Kier molecular flexibility index (Phi) is 4.12. The first-order chi connectivity index (χ1) is 15.1. The second kappa shape index (κ2) is 6.90. The molecule has 2 saturated carbocycles. The topological polar surface area (TPSA) is 87.5 Å². The molecule has 3 aromatic heterocycles. The van der Waals surface area contributed by atoms with E-state index in [2.05, 4.69) is 25.7 Å². The average Bonchev–Trinajstić information content (AvgIpc) is 3.07. The molecule has 2 aliphatic carbocycles. The van der Waals surface area contributed by atoms with Crippen LogP contribution in [-0.2, 0) is 4.79 Å². The van der Waals surface area contributed by atoms with Gasteiger partial charge in [-0.2, -0.15) is 4.98 Å². The highest BCUT2D eigenvalue weighted by atomic mass is 19.1. The van der Waals surface area contributed by atoms with Gasteiger partial charge in [0.1, 0.15) is 11.6 Å². The Morgan fingerprint density at radius 2 is 1.94 bits per heavy atom. The number of fused-ring (bicyclic) bond motifs is 1. The van der Waals surface area contributed by atoms with E-state index in [1.807, 2.05) is 17.0 Å². The molecule has 1 aliphatic heterocycles. The van der Waals surface area contributed by atoms with Crippen molar-refractivity contribution in [1.29, 1.82) is 0 Å². The Bertz CT molecular complexity index is 1140. The molecule has 0 unspecified atom stereocenters. The van der Waals surface area contributed by atoms with Crippen molar-refractivity contribution in [3.8, 4) is 0 Å². The third-order valence-corrected chi connectivity index (χ3v) is 6.84. The molecular formula is C22H24FN7O. The highest BCUT2D eigenvalue weighted by Crippen LogP contribution is 2.54. The molecule has 1 amide bonds. The predicted molar refractivity (Wildman–Crippen MR) is 114 cm³/mol. The molecular weight excluding hydrogens is 397 g/mol. The van der Waals surface area contributed by atoms with Crippen molar-refractivity contribution in [2.24, 2.45) is 5.41 Å². The highest BCUT2D eigenvalue weighted by Gasteiger charge is 2.55. The largest absolute Gasteiger partial charge is 0.367 e. The van der Waals surface area contributed by atoms with E-state index < -0.39 is 0 Å². The van der Waals surface area contributed by atoms with Gasteiger partial charge < -0.3 is 15.5 Å². The summed E-state index contributed by atoms with van der Waals surface area (Å²) in [6.07, 6.45) is 9.32. The molecule has 0 bridgehead atoms. The molecule has 3 aromatic rings. The maximum atomic E-state index is 13.3. The maximum absolute atomic E-state index is 13.3. The van der Waals surface area contributed by atoms with Gasteiger partial charge in [0.2, 0.25) is 11.9 Å². The van der Waals surface area contributed by atoms with Crippen LogP contribution in [0.3, 0.4) is 0 Å². The van der Waals surface area contributed by atoms with Crippen LogP contribution < -0.4 is 15.5 Å². The van der Waals surface area contributed by atoms with Crippen molar-refractivity contribution in [2.75, 3.05) is 22.1 Å². The fraction of sp³-hybridized carbons (Fsp3) is 0.455. The summed E-state index contributed by atoms with van der Waals surface area (Å²) in [6, 6.07) is 7.22. The van der Waals surface area contributed by atoms with E-state index in [1.165, 1.54) is 12.1 Å². The van der Waals surface area contributed by atoms with Crippen molar-refractivity contribution < 1.29 is 9.18 Å². The first kappa shape index (κ1) is 18.5. The van der Waals surface area contributed by atoms with Gasteiger partial charge in [-0.3, -0.25) is 4.79 Å². The average molecular weight is 421 g/mol. The molecule has 3 fully saturated rings. The number of pyridine rings is 2. The normalized spacial score (nSPS) is 24.3. The second-order valence-electron chi connectivity index (χ2n) is 8.97. The Labute approximate surface area is 178 Å². The third-order valence-electron chi connectivity index (χ3n) is 6.84. The third kappa shape index (κ3) is 3.37. The smallest absolute Gasteiger partial charge is 0.243 e. The molecule has 31 heavy (non-hydrogen) atoms. The number of hydrogen-bond acceptors (Lipinski definition) is 6. The molecule has 1 saturated heterocycles. The molecule has 4 heterocycles. The lowest BCUT2D eigenvalue weighted by atomic mass is 10.1. The molecule has 1 spiro atoms. The number of halogens is 1. The number of anilines is 3. The number of nitrogens with one attached hydrogen (secondary N) is 2. The van der Waals surface area contributed by atoms with E-state index >= 15 is 0 Å². The van der Waals surface area contributed by atoms with Gasteiger partial charge >= 0.3 is 0 Å². The first-order valence-electron chi connectivity index (χ1n) is 10.9. The summed E-state index contributed by atoms with van der Waals surface area (Å²) in [6.45, 7) is 0.799. The fourth-order valence-corrected chi connectivity index (χ4v) is 4.87. The van der Waals surface area contributed by atoms with E-state index in [1.54, 1.807) is 16.9 Å². The lowest BCUT2D eigenvalue weighted by molar-refractivity contribution is -0.121. The summed E-state index contributed by atoms with van der Waals surface area (Å²) in [5, 5.41) is 11.2. The predicted octanol–water partition coefficient (Wildman–Crippen LogP) is 3.23. The Morgan fingerprint density at radius 3 is 2.68 bits per heavy atom. The van der Waals surface area contributed by atoms with Crippen LogP contribution in [0.4, 0.5) is 21.8 Å². The van der Waals surface area contributed by atoms with Crippen LogP contribution in [0.2, 0.25) is 0 Å². The van der Waals surface area contributed by atoms with Crippen molar-refractivity contribution in [3.05, 3.63) is 42.5 Å². The van der Waals surface area contributed by atoms with Crippen molar-refractivity contribution in [3.63, 3.8) is 0 Å². The van der Waals surface area contributed by atoms with E-state index in [4.69, 9.17) is 0 Å². The SMILES string of the molecule is O=C1N(c2ccc(N[C@H]3CC[C@H](Nc4nc5cc(F)ccn5n4)C3)nc2)CCC12CC2. The standard InChI is InChI=1S/C22H24FN7O/c23-14-5-9-30-19(11-14)27-21(28-30)26-16-2-1-15(12-16)25-18-4-3-17(13-24-18)29-10-8-22(6-7-22)20(29)31/h3-5,9,11,13,15-16H,1-2,6-8,10,12H2,(H,24,25)(H,26,28)/t15-,16-/m0/s1. The Hall–Kier alpha value is -3.23. The number of rotatable bonds is 5. The summed E-state index contributed by atoms with van der Waals surface area (Å²) >= 11 is 0. The minimum atomic E-state index is -0.323. The number of nitrogens with zero attached hydrogens (tertiary/aromatic N) is 5. The minimum Gasteiger partial charge on any atom is -0.367 e. The van der Waals surface area contributed by atoms with Crippen LogP contribution in [0.5, 0.6) is 0 Å². The summed E-state index contributed by atoms with van der Waals surface area (Å²) in [4.78, 5) is 23.3. The zero-order valence-corrected chi connectivity index (χ0v) is 17.1. The van der Waals surface area contributed by atoms with Crippen molar-refractivity contribution in [1.82, 2.24) is 19.6 Å². The molecule has 2 atom stereocenters. The monoisotopic (exact) mass is 421 g/mol. The van der Waals surface area contributed by atoms with Crippen LogP contribution in [0.1, 0.15) is 38.5 Å². The summed E-state index contributed by atoms with van der Waals surface area (Å²) in [5.74, 6) is 1.28. The van der Waals surface area contributed by atoms with Crippen LogP contribution in [-0.4, -0.2) is 44.1 Å². The molecule has 6 rings (SSSR count). The van der Waals surface area contributed by atoms with Gasteiger partial charge in [0.15, 0.2) is 5.65 Å². The zero-order chi connectivity index (χ0) is 21.0. The second-order valence-corrected chi connectivity index (χ2v) is 8.97. The molecule has 3 aliphatic rings. The van der Waals surface area contributed by atoms with Crippen LogP contribution >= 0.6 is 0 Å². The molecule has 8 nitrogen and oxygen atoms in total. The summed E-state index contributed by atoms with van der Waals surface area (Å²) in [7, 11) is 0. The zero-order valence-electron chi connectivity index (χ0n) is 17.1. The number of hydrogen-bond donors (Lipinski definition) is 2. The van der Waals surface area contributed by atoms with Gasteiger partial charge in [-0.05, 0) is 56.7 Å². The first-order valence-corrected chi connectivity index (χ1v) is 10.9. The van der Waals surface area contributed by atoms with E-state index in [0.29, 0.717) is 17.6 Å². The van der Waals surface area contributed by atoms with Crippen LogP contribution in [0.25, 0.3) is 5.65 Å². The minimum absolute atomic E-state index is 0.0489. The Balaban J connectivity index is 1.06. The lowest BCUT2D eigenvalue weighted by Crippen LogP contribution is -2.27. The van der Waals surface area contributed by atoms with Crippen LogP contribution in [0, 0.1) is 11.2 Å². The quantitative estimate of drug-likeness (QED) is 0.658. The highest BCUT2D eigenvalue weighted by molar-refractivity contribution is 6.01. The molecule has 0 radical (unpaired) electrons. The van der Waals surface area contributed by atoms with Gasteiger partial charge in [-0.25, -0.2) is 13.9 Å². The molecule has 0 aromatic carbocycles. The molecule has 2 N–H and O–H groups in total. The van der Waals surface area contributed by atoms with E-state index in [0.717, 1.165) is 56.6 Å². The molecule has 9 heteroatoms. The number of carbonyl (C=O) groups is 1. The number of amides is 1. The van der Waals surface area contributed by atoms with Crippen LogP contribution in [0.15, 0.2) is 36.7 Å².